The summed E-state index contributed by atoms with van der Waals surface area (Å²) in [5.41, 5.74) is 0. The van der Waals surface area contributed by atoms with Gasteiger partial charge in [0.2, 0.25) is 10.0 Å². The van der Waals surface area contributed by atoms with Crippen molar-refractivity contribution < 1.29 is 13.5 Å². The van der Waals surface area contributed by atoms with Gasteiger partial charge in [0.05, 0.1) is 6.61 Å². The number of rotatable bonds is 5. The molecule has 0 unspecified atom stereocenters. The van der Waals surface area contributed by atoms with Crippen molar-refractivity contribution in [3.05, 3.63) is 24.5 Å². The van der Waals surface area contributed by atoms with Gasteiger partial charge in [-0.2, -0.15) is 0 Å². The summed E-state index contributed by atoms with van der Waals surface area (Å²) in [6, 6.07) is 2.56. The van der Waals surface area contributed by atoms with Crippen LogP contribution in [0.15, 0.2) is 29.4 Å². The second-order valence-corrected chi connectivity index (χ2v) is 4.81. The standard InChI is InChI=1S/C9H14N2O3S/c1-2-8(7-12)11-15(13,14)9-4-3-5-10-6-9/h3-6,8,11-12H,2,7H2,1H3/t8-/m1/s1. The lowest BCUT2D eigenvalue weighted by molar-refractivity contribution is 0.254. The zero-order valence-electron chi connectivity index (χ0n) is 8.42. The minimum absolute atomic E-state index is 0.108. The lowest BCUT2D eigenvalue weighted by atomic mass is 10.3. The van der Waals surface area contributed by atoms with Gasteiger partial charge in [0.15, 0.2) is 0 Å². The first kappa shape index (κ1) is 12.1. The fourth-order valence-corrected chi connectivity index (χ4v) is 2.32. The van der Waals surface area contributed by atoms with E-state index in [0.717, 1.165) is 0 Å². The average Bonchev–Trinajstić information content (AvgIpc) is 2.27. The number of aromatic nitrogens is 1. The molecule has 0 spiro atoms. The fraction of sp³-hybridized carbons (Fsp3) is 0.444. The highest BCUT2D eigenvalue weighted by Crippen LogP contribution is 2.07. The molecule has 0 aliphatic heterocycles. The highest BCUT2D eigenvalue weighted by molar-refractivity contribution is 7.89. The molecule has 0 amide bonds. The minimum Gasteiger partial charge on any atom is -0.395 e. The third-order valence-electron chi connectivity index (χ3n) is 1.98. The minimum atomic E-state index is -3.56. The Labute approximate surface area is 89.2 Å². The van der Waals surface area contributed by atoms with Gasteiger partial charge in [0, 0.05) is 18.4 Å². The van der Waals surface area contributed by atoms with Gasteiger partial charge in [-0.15, -0.1) is 0 Å². The Hall–Kier alpha value is -0.980. The van der Waals surface area contributed by atoms with Crippen LogP contribution in [-0.4, -0.2) is 31.2 Å². The second kappa shape index (κ2) is 5.20. The smallest absolute Gasteiger partial charge is 0.242 e. The van der Waals surface area contributed by atoms with Crippen LogP contribution in [-0.2, 0) is 10.0 Å². The van der Waals surface area contributed by atoms with Crippen molar-refractivity contribution in [2.75, 3.05) is 6.61 Å². The largest absolute Gasteiger partial charge is 0.395 e. The van der Waals surface area contributed by atoms with Crippen molar-refractivity contribution in [1.82, 2.24) is 9.71 Å². The molecule has 1 aromatic rings. The van der Waals surface area contributed by atoms with E-state index in [1.165, 1.54) is 18.5 Å². The third-order valence-corrected chi connectivity index (χ3v) is 3.49. The predicted molar refractivity (Wildman–Crippen MR) is 55.7 cm³/mol. The molecular weight excluding hydrogens is 216 g/mol. The molecule has 0 aliphatic rings. The molecule has 0 radical (unpaired) electrons. The van der Waals surface area contributed by atoms with Gasteiger partial charge in [-0.1, -0.05) is 6.92 Å². The van der Waals surface area contributed by atoms with Crippen molar-refractivity contribution in [2.24, 2.45) is 0 Å². The van der Waals surface area contributed by atoms with Crippen LogP contribution in [0.4, 0.5) is 0 Å². The normalized spacial score (nSPS) is 13.7. The number of hydrogen-bond acceptors (Lipinski definition) is 4. The van der Waals surface area contributed by atoms with Gasteiger partial charge >= 0.3 is 0 Å². The summed E-state index contributed by atoms with van der Waals surface area (Å²) in [6.07, 6.45) is 3.31. The summed E-state index contributed by atoms with van der Waals surface area (Å²) in [6.45, 7) is 1.59. The van der Waals surface area contributed by atoms with Crippen LogP contribution in [0.1, 0.15) is 13.3 Å². The fourth-order valence-electron chi connectivity index (χ4n) is 1.04. The molecule has 84 valence electrons. The summed E-state index contributed by atoms with van der Waals surface area (Å²) >= 11 is 0. The van der Waals surface area contributed by atoms with Crippen molar-refractivity contribution in [3.63, 3.8) is 0 Å². The van der Waals surface area contributed by atoms with Crippen LogP contribution >= 0.6 is 0 Å². The predicted octanol–water partition coefficient (Wildman–Crippen LogP) is 0.131. The van der Waals surface area contributed by atoms with Gasteiger partial charge in [-0.05, 0) is 18.6 Å². The van der Waals surface area contributed by atoms with E-state index < -0.39 is 16.1 Å². The van der Waals surface area contributed by atoms with Crippen LogP contribution in [0.5, 0.6) is 0 Å². The summed E-state index contributed by atoms with van der Waals surface area (Å²) in [7, 11) is -3.56. The van der Waals surface area contributed by atoms with Crippen LogP contribution in [0, 0.1) is 0 Å². The lowest BCUT2D eigenvalue weighted by Crippen LogP contribution is -2.36. The highest BCUT2D eigenvalue weighted by Gasteiger charge is 2.18. The van der Waals surface area contributed by atoms with Gasteiger partial charge in [-0.3, -0.25) is 4.98 Å². The Morgan fingerprint density at radius 2 is 2.33 bits per heavy atom. The maximum Gasteiger partial charge on any atom is 0.242 e. The van der Waals surface area contributed by atoms with Gasteiger partial charge in [0.1, 0.15) is 4.90 Å². The molecule has 0 fully saturated rings. The zero-order chi connectivity index (χ0) is 11.3. The summed E-state index contributed by atoms with van der Waals surface area (Å²) < 4.78 is 25.8. The number of pyridine rings is 1. The van der Waals surface area contributed by atoms with E-state index >= 15 is 0 Å². The first-order valence-corrected chi connectivity index (χ1v) is 6.11. The number of sulfonamides is 1. The summed E-state index contributed by atoms with van der Waals surface area (Å²) in [5.74, 6) is 0. The van der Waals surface area contributed by atoms with Crippen molar-refractivity contribution >= 4 is 10.0 Å². The molecule has 5 nitrogen and oxygen atoms in total. The average molecular weight is 230 g/mol. The van der Waals surface area contributed by atoms with E-state index in [1.807, 2.05) is 0 Å². The van der Waals surface area contributed by atoms with E-state index in [9.17, 15) is 8.42 Å². The molecule has 1 aromatic heterocycles. The van der Waals surface area contributed by atoms with Crippen molar-refractivity contribution in [3.8, 4) is 0 Å². The molecule has 1 atom stereocenters. The molecule has 0 aliphatic carbocycles. The molecule has 1 rings (SSSR count). The zero-order valence-corrected chi connectivity index (χ0v) is 9.24. The Morgan fingerprint density at radius 1 is 1.60 bits per heavy atom. The van der Waals surface area contributed by atoms with Crippen LogP contribution in [0.2, 0.25) is 0 Å². The van der Waals surface area contributed by atoms with Gasteiger partial charge in [-0.25, -0.2) is 13.1 Å². The molecule has 0 saturated carbocycles. The molecule has 0 saturated heterocycles. The number of aliphatic hydroxyl groups excluding tert-OH is 1. The van der Waals surface area contributed by atoms with Gasteiger partial charge in [0.25, 0.3) is 0 Å². The number of nitrogens with one attached hydrogen (secondary N) is 1. The monoisotopic (exact) mass is 230 g/mol. The first-order valence-electron chi connectivity index (χ1n) is 4.63. The highest BCUT2D eigenvalue weighted by atomic mass is 32.2. The topological polar surface area (TPSA) is 79.3 Å². The molecule has 2 N–H and O–H groups in total. The van der Waals surface area contributed by atoms with E-state index in [1.54, 1.807) is 13.0 Å². The second-order valence-electron chi connectivity index (χ2n) is 3.10. The molecule has 0 bridgehead atoms. The number of hydrogen-bond donors (Lipinski definition) is 2. The Kier molecular flexibility index (Phi) is 4.19. The number of nitrogens with zero attached hydrogens (tertiary/aromatic N) is 1. The SMILES string of the molecule is CC[C@H](CO)NS(=O)(=O)c1cccnc1. The van der Waals surface area contributed by atoms with Crippen LogP contribution in [0.25, 0.3) is 0 Å². The summed E-state index contributed by atoms with van der Waals surface area (Å²) in [5, 5.41) is 8.89. The maximum atomic E-state index is 11.7. The Bertz CT molecular complexity index is 387. The van der Waals surface area contributed by atoms with E-state index in [-0.39, 0.29) is 11.5 Å². The number of aliphatic hydroxyl groups is 1. The third kappa shape index (κ3) is 3.26. The van der Waals surface area contributed by atoms with E-state index in [0.29, 0.717) is 6.42 Å². The quantitative estimate of drug-likeness (QED) is 0.753. The van der Waals surface area contributed by atoms with Crippen LogP contribution in [0.3, 0.4) is 0 Å². The Balaban J connectivity index is 2.85. The Morgan fingerprint density at radius 3 is 2.80 bits per heavy atom. The van der Waals surface area contributed by atoms with E-state index in [2.05, 4.69) is 9.71 Å². The van der Waals surface area contributed by atoms with E-state index in [4.69, 9.17) is 5.11 Å². The maximum absolute atomic E-state index is 11.7. The first-order chi connectivity index (χ1) is 7.10. The lowest BCUT2D eigenvalue weighted by Gasteiger charge is -2.13. The summed E-state index contributed by atoms with van der Waals surface area (Å²) in [4.78, 5) is 3.84. The van der Waals surface area contributed by atoms with Crippen LogP contribution < -0.4 is 4.72 Å². The van der Waals surface area contributed by atoms with Gasteiger partial charge < -0.3 is 5.11 Å². The molecular formula is C9H14N2O3S. The molecule has 1 heterocycles. The van der Waals surface area contributed by atoms with Crippen molar-refractivity contribution in [2.45, 2.75) is 24.3 Å². The molecule has 15 heavy (non-hydrogen) atoms. The van der Waals surface area contributed by atoms with Crippen molar-refractivity contribution in [1.29, 1.82) is 0 Å². The molecule has 0 aromatic carbocycles. The molecule has 6 heteroatoms.